The molecule has 3 N–H and O–H groups in total. The van der Waals surface area contributed by atoms with E-state index in [0.29, 0.717) is 46.3 Å². The molecule has 0 radical (unpaired) electrons. The van der Waals surface area contributed by atoms with Gasteiger partial charge >= 0.3 is 0 Å². The molecule has 2 aromatic heterocycles. The first-order valence-electron chi connectivity index (χ1n) is 20.1. The number of halogens is 1. The minimum absolute atomic E-state index is 0.140. The molecular weight excluding hydrogens is 788 g/mol. The Morgan fingerprint density at radius 2 is 1.92 bits per heavy atom. The number of rotatable bonds is 12. The summed E-state index contributed by atoms with van der Waals surface area (Å²) in [6.07, 6.45) is 13.7. The fourth-order valence-corrected chi connectivity index (χ4v) is 9.38. The third-order valence-electron chi connectivity index (χ3n) is 12.0. The lowest BCUT2D eigenvalue weighted by molar-refractivity contribution is -0.384. The number of nitrogens with one attached hydrogen (secondary N) is 3. The fourth-order valence-electron chi connectivity index (χ4n) is 8.63. The number of nitro benzene ring substituents is 1. The van der Waals surface area contributed by atoms with Gasteiger partial charge in [0.25, 0.3) is 11.6 Å². The number of amides is 1. The number of carbonyl (C=O) groups is 1. The number of ether oxygens (including phenoxy) is 3. The number of allylic oxidation sites excluding steroid dienone is 1. The summed E-state index contributed by atoms with van der Waals surface area (Å²) in [4.78, 5) is 36.0. The molecule has 4 aliphatic rings. The van der Waals surface area contributed by atoms with Gasteiger partial charge in [-0.1, -0.05) is 47.9 Å². The summed E-state index contributed by atoms with van der Waals surface area (Å²) in [5, 5.41) is 16.7. The Morgan fingerprint density at radius 1 is 1.05 bits per heavy atom. The van der Waals surface area contributed by atoms with Gasteiger partial charge in [-0.15, -0.1) is 0 Å². The molecule has 1 saturated heterocycles. The highest BCUT2D eigenvalue weighted by atomic mass is 35.5. The first-order chi connectivity index (χ1) is 28.8. The molecule has 304 valence electrons. The summed E-state index contributed by atoms with van der Waals surface area (Å²) in [5.41, 5.74) is 8.23. The van der Waals surface area contributed by atoms with Crippen molar-refractivity contribution in [1.82, 2.24) is 19.6 Å². The molecule has 9 rings (SSSR count). The molecule has 0 bridgehead atoms. The average Bonchev–Trinajstić information content (AvgIpc) is 3.72. The zero-order valence-corrected chi connectivity index (χ0v) is 34.1. The number of aromatic nitrogens is 2. The van der Waals surface area contributed by atoms with Crippen molar-refractivity contribution in [1.29, 1.82) is 0 Å². The van der Waals surface area contributed by atoms with E-state index in [2.05, 4.69) is 43.1 Å². The van der Waals surface area contributed by atoms with E-state index in [4.69, 9.17) is 25.8 Å². The van der Waals surface area contributed by atoms with Crippen LogP contribution in [0.1, 0.15) is 66.4 Å². The molecule has 12 nitrogen and oxygen atoms in total. The maximum absolute atomic E-state index is 13.8. The lowest BCUT2D eigenvalue weighted by atomic mass is 9.59. The molecule has 2 fully saturated rings. The number of H-pyrrole nitrogens is 1. The van der Waals surface area contributed by atoms with Crippen LogP contribution in [0.25, 0.3) is 22.2 Å². The maximum atomic E-state index is 13.8. The summed E-state index contributed by atoms with van der Waals surface area (Å²) in [6.45, 7) is 3.85. The molecule has 1 amide bonds. The van der Waals surface area contributed by atoms with Gasteiger partial charge in [0, 0.05) is 47.2 Å². The van der Waals surface area contributed by atoms with Gasteiger partial charge in [-0.2, -0.15) is 0 Å². The highest BCUT2D eigenvalue weighted by molar-refractivity contribution is 7.98. The third kappa shape index (κ3) is 8.90. The Labute approximate surface area is 351 Å². The number of nitro groups is 1. The van der Waals surface area contributed by atoms with E-state index in [1.807, 2.05) is 42.6 Å². The van der Waals surface area contributed by atoms with Gasteiger partial charge < -0.3 is 24.5 Å². The smallest absolute Gasteiger partial charge is 0.293 e. The number of aromatic amines is 1. The third-order valence-corrected chi connectivity index (χ3v) is 13.0. The SMILES string of the molecule is O=C(NSc1ccc(N[C@@H]2COCCO2)c([N+](=O)[O-])c1)c1ccc(C2=CCN(CC3=C(c4ccc(Cl)cc4)CC4(CCC4)CC3)CC2)cc1Oc1cnc2[nH]ccc2c1. The van der Waals surface area contributed by atoms with Crippen LogP contribution in [0.3, 0.4) is 0 Å². The van der Waals surface area contributed by atoms with E-state index in [-0.39, 0.29) is 12.3 Å². The summed E-state index contributed by atoms with van der Waals surface area (Å²) < 4.78 is 20.3. The largest absolute Gasteiger partial charge is 0.455 e. The fraction of sp³-hybridized carbons (Fsp3) is 0.333. The molecule has 2 aliphatic carbocycles. The normalized spacial score (nSPS) is 19.3. The Hall–Kier alpha value is -5.18. The van der Waals surface area contributed by atoms with E-state index < -0.39 is 17.1 Å². The van der Waals surface area contributed by atoms with Crippen molar-refractivity contribution >= 4 is 63.0 Å². The monoisotopic (exact) mass is 832 g/mol. The van der Waals surface area contributed by atoms with Gasteiger partial charge in [-0.3, -0.25) is 24.5 Å². The van der Waals surface area contributed by atoms with E-state index in [0.717, 1.165) is 72.5 Å². The second kappa shape index (κ2) is 17.2. The number of pyridine rings is 1. The molecule has 14 heteroatoms. The zero-order valence-electron chi connectivity index (χ0n) is 32.5. The number of carbonyl (C=O) groups excluding carboxylic acids is 1. The Kier molecular flexibility index (Phi) is 11.5. The van der Waals surface area contributed by atoms with Crippen molar-refractivity contribution in [3.63, 3.8) is 0 Å². The lowest BCUT2D eigenvalue weighted by Gasteiger charge is -2.47. The van der Waals surface area contributed by atoms with Crippen LogP contribution >= 0.6 is 23.5 Å². The second-order valence-electron chi connectivity index (χ2n) is 15.8. The molecule has 1 atom stereocenters. The Bertz CT molecular complexity index is 2440. The topological polar surface area (TPSA) is 144 Å². The summed E-state index contributed by atoms with van der Waals surface area (Å²) in [6, 6.07) is 22.6. The van der Waals surface area contributed by atoms with Crippen LogP contribution in [0, 0.1) is 15.5 Å². The van der Waals surface area contributed by atoms with Gasteiger partial charge in [0.2, 0.25) is 0 Å². The van der Waals surface area contributed by atoms with Crippen molar-refractivity contribution in [2.75, 3.05) is 44.8 Å². The molecule has 59 heavy (non-hydrogen) atoms. The number of benzene rings is 3. The highest BCUT2D eigenvalue weighted by Gasteiger charge is 2.40. The van der Waals surface area contributed by atoms with Crippen LogP contribution < -0.4 is 14.8 Å². The van der Waals surface area contributed by atoms with Crippen LogP contribution in [0.2, 0.25) is 5.02 Å². The van der Waals surface area contributed by atoms with E-state index in [1.165, 1.54) is 48.5 Å². The van der Waals surface area contributed by atoms with Crippen molar-refractivity contribution in [2.24, 2.45) is 5.41 Å². The molecule has 3 aromatic carbocycles. The molecular formula is C45H45ClN6O6S. The number of hydrogen-bond acceptors (Lipinski definition) is 10. The molecule has 4 heterocycles. The first kappa shape index (κ1) is 39.3. The van der Waals surface area contributed by atoms with Crippen molar-refractivity contribution in [3.8, 4) is 11.5 Å². The van der Waals surface area contributed by atoms with Gasteiger partial charge in [-0.25, -0.2) is 4.98 Å². The predicted molar refractivity (Wildman–Crippen MR) is 231 cm³/mol. The van der Waals surface area contributed by atoms with Crippen LogP contribution in [-0.2, 0) is 9.47 Å². The number of anilines is 1. The van der Waals surface area contributed by atoms with Gasteiger partial charge in [0.05, 0.1) is 36.5 Å². The molecule has 0 unspecified atom stereocenters. The van der Waals surface area contributed by atoms with E-state index >= 15 is 0 Å². The maximum Gasteiger partial charge on any atom is 0.293 e. The van der Waals surface area contributed by atoms with Crippen LogP contribution in [0.15, 0.2) is 102 Å². The highest BCUT2D eigenvalue weighted by Crippen LogP contribution is 2.55. The second-order valence-corrected chi connectivity index (χ2v) is 17.1. The molecule has 2 aliphatic heterocycles. The number of nitrogens with zero attached hydrogens (tertiary/aromatic N) is 3. The van der Waals surface area contributed by atoms with E-state index in [9.17, 15) is 14.9 Å². The minimum atomic E-state index is -0.494. The van der Waals surface area contributed by atoms with Crippen molar-refractivity contribution in [2.45, 2.75) is 56.1 Å². The van der Waals surface area contributed by atoms with Crippen LogP contribution in [0.4, 0.5) is 11.4 Å². The number of hydrogen-bond donors (Lipinski definition) is 3. The predicted octanol–water partition coefficient (Wildman–Crippen LogP) is 10.0. The van der Waals surface area contributed by atoms with Crippen LogP contribution in [-0.4, -0.2) is 71.4 Å². The summed E-state index contributed by atoms with van der Waals surface area (Å²) >= 11 is 7.27. The van der Waals surface area contributed by atoms with Crippen LogP contribution in [0.5, 0.6) is 11.5 Å². The molecule has 1 saturated carbocycles. The van der Waals surface area contributed by atoms with Gasteiger partial charge in [0.1, 0.15) is 22.8 Å². The molecule has 1 spiro atoms. The van der Waals surface area contributed by atoms with Gasteiger partial charge in [-0.05, 0) is 127 Å². The first-order valence-corrected chi connectivity index (χ1v) is 21.3. The number of fused-ring (bicyclic) bond motifs is 1. The van der Waals surface area contributed by atoms with Gasteiger partial charge in [0.15, 0.2) is 6.23 Å². The van der Waals surface area contributed by atoms with E-state index in [1.54, 1.807) is 30.0 Å². The summed E-state index contributed by atoms with van der Waals surface area (Å²) in [7, 11) is 0. The lowest BCUT2D eigenvalue weighted by Crippen LogP contribution is -2.36. The minimum Gasteiger partial charge on any atom is -0.455 e. The zero-order chi connectivity index (χ0) is 40.3. The summed E-state index contributed by atoms with van der Waals surface area (Å²) in [5.74, 6) is 0.465. The quantitative estimate of drug-likeness (QED) is 0.0631. The standard InChI is InChI=1S/C45H45ClN6O6S/c46-34-5-2-30(3-6-34)38-25-45(14-1-15-45)16-10-33(38)27-51-18-12-29(13-19-51)31-4-8-37(41(23-31)58-35-22-32-11-17-47-43(32)48-26-35)44(53)50-59-36-7-9-39(40(24-36)52(54)55)49-42-28-56-20-21-57-42/h2-9,11-12,17,22-24,26,42,49H,1,10,13-16,18-21,25,27-28H2,(H,47,48)(H,50,53)/t42-/m0/s1. The molecule has 5 aromatic rings. The van der Waals surface area contributed by atoms with Crippen molar-refractivity contribution in [3.05, 3.63) is 129 Å². The average molecular weight is 833 g/mol. The van der Waals surface area contributed by atoms with Crippen molar-refractivity contribution < 1.29 is 23.9 Å². The Morgan fingerprint density at radius 3 is 2.68 bits per heavy atom. The Balaban J connectivity index is 0.927.